The predicted octanol–water partition coefficient (Wildman–Crippen LogP) is 4.97. The number of rotatable bonds is 5. The van der Waals surface area contributed by atoms with Gasteiger partial charge in [0.25, 0.3) is 15.9 Å². The summed E-state index contributed by atoms with van der Waals surface area (Å²) in [4.78, 5) is 12.7. The molecule has 0 saturated carbocycles. The highest BCUT2D eigenvalue weighted by Crippen LogP contribution is 2.23. The topological polar surface area (TPSA) is 75.3 Å². The summed E-state index contributed by atoms with van der Waals surface area (Å²) in [6.45, 7) is 7.49. The first-order valence-corrected chi connectivity index (χ1v) is 10.7. The van der Waals surface area contributed by atoms with Crippen LogP contribution >= 0.6 is 0 Å². The SMILES string of the molecule is Cc1ccc(NC(=O)c2ccc(C)c(S(=O)(=O)Nc3cc(C)cc(C)c3)c2)cc1. The van der Waals surface area contributed by atoms with Gasteiger partial charge in [0, 0.05) is 16.9 Å². The monoisotopic (exact) mass is 408 g/mol. The van der Waals surface area contributed by atoms with E-state index in [0.717, 1.165) is 16.7 Å². The van der Waals surface area contributed by atoms with Gasteiger partial charge in [-0.1, -0.05) is 29.8 Å². The molecule has 0 atom stereocenters. The minimum absolute atomic E-state index is 0.0771. The number of hydrogen-bond acceptors (Lipinski definition) is 3. The van der Waals surface area contributed by atoms with Crippen LogP contribution in [0.25, 0.3) is 0 Å². The maximum atomic E-state index is 13.0. The van der Waals surface area contributed by atoms with Crippen molar-refractivity contribution in [3.63, 3.8) is 0 Å². The van der Waals surface area contributed by atoms with Crippen molar-refractivity contribution in [1.82, 2.24) is 0 Å². The van der Waals surface area contributed by atoms with E-state index in [1.54, 1.807) is 43.3 Å². The second-order valence-corrected chi connectivity index (χ2v) is 8.93. The molecule has 3 aromatic carbocycles. The van der Waals surface area contributed by atoms with Crippen molar-refractivity contribution in [2.75, 3.05) is 10.0 Å². The van der Waals surface area contributed by atoms with Gasteiger partial charge >= 0.3 is 0 Å². The molecular weight excluding hydrogens is 384 g/mol. The van der Waals surface area contributed by atoms with Gasteiger partial charge in [-0.2, -0.15) is 0 Å². The molecule has 0 aliphatic carbocycles. The van der Waals surface area contributed by atoms with Gasteiger partial charge in [-0.05, 0) is 80.8 Å². The summed E-state index contributed by atoms with van der Waals surface area (Å²) < 4.78 is 28.6. The molecule has 29 heavy (non-hydrogen) atoms. The molecule has 5 nitrogen and oxygen atoms in total. The van der Waals surface area contributed by atoms with Crippen LogP contribution in [0.5, 0.6) is 0 Å². The first-order chi connectivity index (χ1) is 13.6. The van der Waals surface area contributed by atoms with Gasteiger partial charge in [-0.3, -0.25) is 9.52 Å². The molecule has 0 bridgehead atoms. The predicted molar refractivity (Wildman–Crippen MR) is 117 cm³/mol. The third-order valence-electron chi connectivity index (χ3n) is 4.52. The second kappa shape index (κ2) is 8.09. The lowest BCUT2D eigenvalue weighted by molar-refractivity contribution is 0.102. The largest absolute Gasteiger partial charge is 0.322 e. The zero-order chi connectivity index (χ0) is 21.2. The number of carbonyl (C=O) groups excluding carboxylic acids is 1. The molecule has 0 aliphatic heterocycles. The van der Waals surface area contributed by atoms with Crippen molar-refractivity contribution < 1.29 is 13.2 Å². The van der Waals surface area contributed by atoms with Gasteiger partial charge in [0.1, 0.15) is 0 Å². The molecule has 6 heteroatoms. The van der Waals surface area contributed by atoms with E-state index in [4.69, 9.17) is 0 Å². The quantitative estimate of drug-likeness (QED) is 0.626. The average Bonchev–Trinajstić information content (AvgIpc) is 2.62. The van der Waals surface area contributed by atoms with E-state index in [2.05, 4.69) is 10.0 Å². The number of hydrogen-bond donors (Lipinski definition) is 2. The molecule has 0 heterocycles. The molecule has 150 valence electrons. The summed E-state index contributed by atoms with van der Waals surface area (Å²) in [5.74, 6) is -0.364. The lowest BCUT2D eigenvalue weighted by Crippen LogP contribution is -2.17. The van der Waals surface area contributed by atoms with Crippen molar-refractivity contribution in [2.24, 2.45) is 0 Å². The second-order valence-electron chi connectivity index (χ2n) is 7.28. The zero-order valence-corrected chi connectivity index (χ0v) is 17.7. The number of sulfonamides is 1. The smallest absolute Gasteiger partial charge is 0.262 e. The highest BCUT2D eigenvalue weighted by atomic mass is 32.2. The van der Waals surface area contributed by atoms with Crippen LogP contribution in [0, 0.1) is 27.7 Å². The third kappa shape index (κ3) is 5.03. The first-order valence-electron chi connectivity index (χ1n) is 9.24. The van der Waals surface area contributed by atoms with Crippen molar-refractivity contribution in [1.29, 1.82) is 0 Å². The highest BCUT2D eigenvalue weighted by molar-refractivity contribution is 7.92. The molecule has 0 fully saturated rings. The Kier molecular flexibility index (Phi) is 5.75. The minimum Gasteiger partial charge on any atom is -0.322 e. The molecule has 3 aromatic rings. The lowest BCUT2D eigenvalue weighted by atomic mass is 10.1. The molecule has 0 saturated heterocycles. The molecule has 3 rings (SSSR count). The van der Waals surface area contributed by atoms with E-state index in [9.17, 15) is 13.2 Å². The van der Waals surface area contributed by atoms with Crippen LogP contribution in [0.3, 0.4) is 0 Å². The molecule has 0 spiro atoms. The number of amides is 1. The normalized spacial score (nSPS) is 11.2. The maximum absolute atomic E-state index is 13.0. The first kappa shape index (κ1) is 20.6. The Morgan fingerprint density at radius 3 is 1.97 bits per heavy atom. The molecule has 1 amide bonds. The van der Waals surface area contributed by atoms with Crippen LogP contribution in [0.4, 0.5) is 11.4 Å². The molecule has 0 aliphatic rings. The van der Waals surface area contributed by atoms with Gasteiger partial charge in [-0.25, -0.2) is 8.42 Å². The molecule has 0 unspecified atom stereocenters. The Morgan fingerprint density at radius 1 is 0.724 bits per heavy atom. The lowest BCUT2D eigenvalue weighted by Gasteiger charge is -2.13. The number of aryl methyl sites for hydroxylation is 4. The summed E-state index contributed by atoms with van der Waals surface area (Å²) in [5.41, 5.74) is 5.00. The van der Waals surface area contributed by atoms with Crippen molar-refractivity contribution in [3.05, 3.63) is 88.5 Å². The van der Waals surface area contributed by atoms with E-state index < -0.39 is 10.0 Å². The van der Waals surface area contributed by atoms with Crippen LogP contribution in [0.15, 0.2) is 65.6 Å². The van der Waals surface area contributed by atoms with Crippen LogP contribution in [-0.2, 0) is 10.0 Å². The van der Waals surface area contributed by atoms with Gasteiger partial charge in [-0.15, -0.1) is 0 Å². The van der Waals surface area contributed by atoms with Crippen LogP contribution < -0.4 is 10.0 Å². The Hall–Kier alpha value is -3.12. The van der Waals surface area contributed by atoms with E-state index >= 15 is 0 Å². The van der Waals surface area contributed by atoms with Crippen LogP contribution in [0.1, 0.15) is 32.6 Å². The average molecular weight is 409 g/mol. The summed E-state index contributed by atoms with van der Waals surface area (Å²) in [6, 6.07) is 17.6. The van der Waals surface area contributed by atoms with Gasteiger partial charge in [0.15, 0.2) is 0 Å². The molecule has 0 aromatic heterocycles. The van der Waals surface area contributed by atoms with E-state index in [1.165, 1.54) is 6.07 Å². The van der Waals surface area contributed by atoms with Crippen molar-refractivity contribution in [2.45, 2.75) is 32.6 Å². The van der Waals surface area contributed by atoms with Crippen LogP contribution in [-0.4, -0.2) is 14.3 Å². The molecule has 0 radical (unpaired) electrons. The van der Waals surface area contributed by atoms with Gasteiger partial charge < -0.3 is 5.32 Å². The minimum atomic E-state index is -3.84. The van der Waals surface area contributed by atoms with E-state index in [1.807, 2.05) is 39.0 Å². The molecule has 2 N–H and O–H groups in total. The number of carbonyl (C=O) groups is 1. The Morgan fingerprint density at radius 2 is 1.34 bits per heavy atom. The third-order valence-corrected chi connectivity index (χ3v) is 6.05. The van der Waals surface area contributed by atoms with Crippen LogP contribution in [0.2, 0.25) is 0 Å². The molecular formula is C23H24N2O3S. The Balaban J connectivity index is 1.89. The summed E-state index contributed by atoms with van der Waals surface area (Å²) in [7, 11) is -3.84. The van der Waals surface area contributed by atoms with Crippen molar-refractivity contribution >= 4 is 27.3 Å². The maximum Gasteiger partial charge on any atom is 0.262 e. The van der Waals surface area contributed by atoms with E-state index in [-0.39, 0.29) is 16.4 Å². The van der Waals surface area contributed by atoms with E-state index in [0.29, 0.717) is 16.9 Å². The number of anilines is 2. The zero-order valence-electron chi connectivity index (χ0n) is 16.9. The Labute approximate surface area is 171 Å². The summed E-state index contributed by atoms with van der Waals surface area (Å²) >= 11 is 0. The summed E-state index contributed by atoms with van der Waals surface area (Å²) in [6.07, 6.45) is 0. The summed E-state index contributed by atoms with van der Waals surface area (Å²) in [5, 5.41) is 2.79. The fourth-order valence-corrected chi connectivity index (χ4v) is 4.43. The fourth-order valence-electron chi connectivity index (χ4n) is 3.11. The van der Waals surface area contributed by atoms with Gasteiger partial charge in [0.05, 0.1) is 4.90 Å². The van der Waals surface area contributed by atoms with Crippen molar-refractivity contribution in [3.8, 4) is 0 Å². The van der Waals surface area contributed by atoms with Gasteiger partial charge in [0.2, 0.25) is 0 Å². The number of nitrogens with one attached hydrogen (secondary N) is 2. The number of benzene rings is 3. The standard InChI is InChI=1S/C23H24N2O3S/c1-15-5-9-20(10-6-15)24-23(26)19-8-7-18(4)22(14-19)29(27,28)25-21-12-16(2)11-17(3)13-21/h5-14,25H,1-4H3,(H,24,26). The highest BCUT2D eigenvalue weighted by Gasteiger charge is 2.20. The Bertz CT molecular complexity index is 1150. The fraction of sp³-hybridized carbons (Fsp3) is 0.174.